The largest absolute Gasteiger partial charge is 0.368 e. The van der Waals surface area contributed by atoms with Crippen LogP contribution in [0.3, 0.4) is 0 Å². The zero-order chi connectivity index (χ0) is 19.1. The highest BCUT2D eigenvalue weighted by molar-refractivity contribution is 5.94. The highest BCUT2D eigenvalue weighted by Crippen LogP contribution is 2.38. The van der Waals surface area contributed by atoms with Gasteiger partial charge >= 0.3 is 0 Å². The zero-order valence-corrected chi connectivity index (χ0v) is 19.1. The number of aromatic nitrogens is 2. The molecule has 3 aliphatic heterocycles. The SMILES string of the molecule is Cl.Cl.Nc1nc2c(c(C(=O)NC[C@H]3[C@@H]4CNC[C@@H](C4)[C@@H]4CCCCN43)n1)CCCC2. The molecule has 168 valence electrons. The van der Waals surface area contributed by atoms with Crippen molar-refractivity contribution in [2.45, 2.75) is 63.5 Å². The molecule has 0 spiro atoms. The first kappa shape index (κ1) is 23.5. The second-order valence-corrected chi connectivity index (χ2v) is 9.06. The lowest BCUT2D eigenvalue weighted by atomic mass is 9.73. The predicted molar refractivity (Wildman–Crippen MR) is 123 cm³/mol. The summed E-state index contributed by atoms with van der Waals surface area (Å²) >= 11 is 0. The number of carbonyl (C=O) groups is 1. The van der Waals surface area contributed by atoms with Crippen molar-refractivity contribution < 1.29 is 4.79 Å². The highest BCUT2D eigenvalue weighted by Gasteiger charge is 2.45. The van der Waals surface area contributed by atoms with Gasteiger partial charge in [-0.25, -0.2) is 9.97 Å². The van der Waals surface area contributed by atoms with Gasteiger partial charge in [0.1, 0.15) is 5.69 Å². The van der Waals surface area contributed by atoms with Crippen molar-refractivity contribution in [3.05, 3.63) is 17.0 Å². The molecule has 4 aliphatic rings. The Morgan fingerprint density at radius 3 is 2.77 bits per heavy atom. The first-order valence-corrected chi connectivity index (χ1v) is 11.1. The lowest BCUT2D eigenvalue weighted by molar-refractivity contribution is -0.0371. The van der Waals surface area contributed by atoms with Crippen molar-refractivity contribution in [1.82, 2.24) is 25.5 Å². The fourth-order valence-corrected chi connectivity index (χ4v) is 6.13. The second-order valence-electron chi connectivity index (χ2n) is 9.06. The number of rotatable bonds is 3. The van der Waals surface area contributed by atoms with Gasteiger partial charge in [-0.05, 0) is 76.4 Å². The molecule has 1 amide bonds. The number of nitrogen functional groups attached to an aromatic ring is 1. The molecule has 0 saturated carbocycles. The number of aryl methyl sites for hydroxylation is 1. The van der Waals surface area contributed by atoms with E-state index < -0.39 is 0 Å². The van der Waals surface area contributed by atoms with Crippen LogP contribution in [0.4, 0.5) is 5.95 Å². The molecule has 9 heteroatoms. The molecule has 0 unspecified atom stereocenters. The number of nitrogens with zero attached hydrogens (tertiary/aromatic N) is 3. The van der Waals surface area contributed by atoms with E-state index >= 15 is 0 Å². The lowest BCUT2D eigenvalue weighted by Gasteiger charge is -2.55. The number of piperidine rings is 3. The topological polar surface area (TPSA) is 96.2 Å². The molecule has 1 aliphatic carbocycles. The van der Waals surface area contributed by atoms with Gasteiger partial charge in [-0.3, -0.25) is 9.69 Å². The first-order chi connectivity index (χ1) is 13.7. The van der Waals surface area contributed by atoms with Gasteiger partial charge in [0.05, 0.1) is 0 Å². The van der Waals surface area contributed by atoms with Crippen LogP contribution in [0.25, 0.3) is 0 Å². The van der Waals surface area contributed by atoms with Gasteiger partial charge in [0.25, 0.3) is 5.91 Å². The van der Waals surface area contributed by atoms with Crippen LogP contribution in [0.2, 0.25) is 0 Å². The number of hydrogen-bond donors (Lipinski definition) is 3. The average molecular weight is 457 g/mol. The number of nitrogens with two attached hydrogens (primary N) is 1. The van der Waals surface area contributed by atoms with E-state index in [2.05, 4.69) is 25.5 Å². The van der Waals surface area contributed by atoms with E-state index in [1.54, 1.807) is 0 Å². The maximum Gasteiger partial charge on any atom is 0.270 e. The maximum atomic E-state index is 13.1. The lowest BCUT2D eigenvalue weighted by Crippen LogP contribution is -2.65. The van der Waals surface area contributed by atoms with Crippen LogP contribution < -0.4 is 16.4 Å². The Morgan fingerprint density at radius 1 is 1.10 bits per heavy atom. The molecule has 0 radical (unpaired) electrons. The molecule has 0 aromatic carbocycles. The molecule has 2 bridgehead atoms. The molecule has 7 nitrogen and oxygen atoms in total. The normalized spacial score (nSPS) is 30.1. The molecule has 30 heavy (non-hydrogen) atoms. The quantitative estimate of drug-likeness (QED) is 0.643. The molecule has 5 rings (SSSR count). The summed E-state index contributed by atoms with van der Waals surface area (Å²) in [5.74, 6) is 1.54. The summed E-state index contributed by atoms with van der Waals surface area (Å²) in [5.41, 5.74) is 8.38. The van der Waals surface area contributed by atoms with Crippen molar-refractivity contribution in [3.8, 4) is 0 Å². The van der Waals surface area contributed by atoms with Crippen LogP contribution in [-0.4, -0.2) is 59.0 Å². The molecule has 4 N–H and O–H groups in total. The first-order valence-electron chi connectivity index (χ1n) is 11.1. The van der Waals surface area contributed by atoms with Crippen LogP contribution in [0.15, 0.2) is 0 Å². The van der Waals surface area contributed by atoms with Gasteiger partial charge < -0.3 is 16.4 Å². The number of hydrogen-bond acceptors (Lipinski definition) is 6. The van der Waals surface area contributed by atoms with Crippen molar-refractivity contribution in [2.24, 2.45) is 11.8 Å². The summed E-state index contributed by atoms with van der Waals surface area (Å²) < 4.78 is 0. The molecule has 3 fully saturated rings. The summed E-state index contributed by atoms with van der Waals surface area (Å²) in [6.45, 7) is 4.10. The number of nitrogens with one attached hydrogen (secondary N) is 2. The third kappa shape index (κ3) is 4.40. The third-order valence-electron chi connectivity index (χ3n) is 7.41. The minimum Gasteiger partial charge on any atom is -0.368 e. The fraction of sp³-hybridized carbons (Fsp3) is 0.762. The van der Waals surface area contributed by atoms with Gasteiger partial charge in [0.2, 0.25) is 5.95 Å². The summed E-state index contributed by atoms with van der Waals surface area (Å²) in [6, 6.07) is 1.11. The van der Waals surface area contributed by atoms with Gasteiger partial charge in [-0.2, -0.15) is 0 Å². The molecule has 1 aromatic heterocycles. The van der Waals surface area contributed by atoms with E-state index in [4.69, 9.17) is 5.73 Å². The highest BCUT2D eigenvalue weighted by atomic mass is 35.5. The Morgan fingerprint density at radius 2 is 1.90 bits per heavy atom. The van der Waals surface area contributed by atoms with E-state index in [0.29, 0.717) is 30.2 Å². The molecular weight excluding hydrogens is 423 g/mol. The Hall–Kier alpha value is -1.15. The Bertz CT molecular complexity index is 763. The smallest absolute Gasteiger partial charge is 0.270 e. The number of halogens is 2. The van der Waals surface area contributed by atoms with E-state index in [1.165, 1.54) is 32.2 Å². The van der Waals surface area contributed by atoms with Crippen LogP contribution >= 0.6 is 24.8 Å². The minimum atomic E-state index is -0.0771. The van der Waals surface area contributed by atoms with E-state index in [0.717, 1.165) is 55.9 Å². The summed E-state index contributed by atoms with van der Waals surface area (Å²) in [4.78, 5) is 24.5. The molecule has 4 atom stereocenters. The number of amides is 1. The van der Waals surface area contributed by atoms with Crippen LogP contribution in [0.1, 0.15) is 60.3 Å². The second kappa shape index (κ2) is 9.98. The third-order valence-corrected chi connectivity index (χ3v) is 7.41. The standard InChI is InChI=1S/C21H32N6O.2ClH/c22-21-25-16-6-2-1-5-15(16)19(26-21)20(28)24-12-18-14-9-13(10-23-11-14)17-7-3-4-8-27(17)18;;/h13-14,17-18,23H,1-12H2,(H,24,28)(H2,22,25,26);2*1H/t13-,14+,17+,18+;;/m1../s1. The molecular formula is C21H34Cl2N6O. The Balaban J connectivity index is 0.00000128. The molecule has 1 aromatic rings. The number of anilines is 1. The van der Waals surface area contributed by atoms with E-state index in [-0.39, 0.29) is 36.7 Å². The summed E-state index contributed by atoms with van der Waals surface area (Å²) in [5, 5.41) is 6.87. The van der Waals surface area contributed by atoms with E-state index in [1.807, 2.05) is 0 Å². The van der Waals surface area contributed by atoms with Gasteiger partial charge in [0, 0.05) is 29.9 Å². The number of fused-ring (bicyclic) bond motifs is 5. The van der Waals surface area contributed by atoms with Crippen molar-refractivity contribution >= 4 is 36.7 Å². The Labute approximate surface area is 191 Å². The van der Waals surface area contributed by atoms with Gasteiger partial charge in [0.15, 0.2) is 0 Å². The summed E-state index contributed by atoms with van der Waals surface area (Å²) in [7, 11) is 0. The maximum absolute atomic E-state index is 13.1. The fourth-order valence-electron chi connectivity index (χ4n) is 6.13. The average Bonchev–Trinajstić information content (AvgIpc) is 2.73. The van der Waals surface area contributed by atoms with Gasteiger partial charge in [-0.15, -0.1) is 24.8 Å². The summed E-state index contributed by atoms with van der Waals surface area (Å²) in [6.07, 6.45) is 9.20. The van der Waals surface area contributed by atoms with Crippen molar-refractivity contribution in [3.63, 3.8) is 0 Å². The van der Waals surface area contributed by atoms with Gasteiger partial charge in [-0.1, -0.05) is 6.42 Å². The molecule has 4 heterocycles. The predicted octanol–water partition coefficient (Wildman–Crippen LogP) is 1.97. The van der Waals surface area contributed by atoms with Crippen LogP contribution in [0.5, 0.6) is 0 Å². The number of carbonyl (C=O) groups excluding carboxylic acids is 1. The molecule has 3 saturated heterocycles. The van der Waals surface area contributed by atoms with Crippen LogP contribution in [-0.2, 0) is 12.8 Å². The monoisotopic (exact) mass is 456 g/mol. The van der Waals surface area contributed by atoms with E-state index in [9.17, 15) is 4.79 Å². The minimum absolute atomic E-state index is 0. The van der Waals surface area contributed by atoms with Crippen LogP contribution in [0, 0.1) is 11.8 Å². The Kier molecular flexibility index (Phi) is 7.82. The zero-order valence-electron chi connectivity index (χ0n) is 17.4. The van der Waals surface area contributed by atoms with Crippen molar-refractivity contribution in [2.75, 3.05) is 31.9 Å². The van der Waals surface area contributed by atoms with Crippen molar-refractivity contribution in [1.29, 1.82) is 0 Å².